The Morgan fingerprint density at radius 2 is 2.37 bits per heavy atom. The number of furan rings is 1. The number of hydrogen-bond acceptors (Lipinski definition) is 6. The summed E-state index contributed by atoms with van der Waals surface area (Å²) < 4.78 is 10.5. The molecule has 0 aliphatic carbocycles. The summed E-state index contributed by atoms with van der Waals surface area (Å²) in [5.41, 5.74) is 0. The van der Waals surface area contributed by atoms with E-state index in [4.69, 9.17) is 8.94 Å². The Morgan fingerprint density at radius 1 is 1.47 bits per heavy atom. The third-order valence-corrected chi connectivity index (χ3v) is 3.33. The van der Waals surface area contributed by atoms with Gasteiger partial charge in [-0.25, -0.2) is 0 Å². The molecule has 1 aliphatic heterocycles. The van der Waals surface area contributed by atoms with Crippen LogP contribution in [-0.2, 0) is 6.54 Å². The lowest BCUT2D eigenvalue weighted by atomic mass is 10.1. The van der Waals surface area contributed by atoms with E-state index in [1.807, 2.05) is 12.1 Å². The fourth-order valence-corrected chi connectivity index (χ4v) is 2.21. The zero-order valence-electron chi connectivity index (χ0n) is 11.0. The molecule has 0 saturated carbocycles. The number of hydrogen-bond donors (Lipinski definition) is 1. The standard InChI is InChI=1S/C13H18N4O2/c1-2-5-17(10-7-14-8-10)9-12-15-13(19-16-12)11-4-3-6-18-11/h3-4,6,10,14H,2,5,7-9H2,1H3. The van der Waals surface area contributed by atoms with Crippen molar-refractivity contribution in [3.8, 4) is 11.7 Å². The van der Waals surface area contributed by atoms with Gasteiger partial charge in [-0.05, 0) is 25.1 Å². The minimum atomic E-state index is 0.447. The SMILES string of the molecule is CCCN(Cc1noc(-c2ccco2)n1)C1CNC1. The predicted octanol–water partition coefficient (Wildman–Crippen LogP) is 1.51. The van der Waals surface area contributed by atoms with E-state index in [1.165, 1.54) is 0 Å². The second-order valence-electron chi connectivity index (χ2n) is 4.78. The van der Waals surface area contributed by atoms with Crippen LogP contribution in [0.15, 0.2) is 27.3 Å². The lowest BCUT2D eigenvalue weighted by Crippen LogP contribution is -2.57. The molecular formula is C13H18N4O2. The number of rotatable bonds is 6. The molecule has 0 amide bonds. The smallest absolute Gasteiger partial charge is 0.293 e. The zero-order chi connectivity index (χ0) is 13.1. The molecule has 0 spiro atoms. The van der Waals surface area contributed by atoms with Crippen LogP contribution in [0.1, 0.15) is 19.2 Å². The first kappa shape index (κ1) is 12.4. The van der Waals surface area contributed by atoms with Crippen molar-refractivity contribution in [3.63, 3.8) is 0 Å². The monoisotopic (exact) mass is 262 g/mol. The van der Waals surface area contributed by atoms with E-state index in [9.17, 15) is 0 Å². The highest BCUT2D eigenvalue weighted by Gasteiger charge is 2.25. The van der Waals surface area contributed by atoms with E-state index in [-0.39, 0.29) is 0 Å². The molecule has 0 atom stereocenters. The minimum absolute atomic E-state index is 0.447. The van der Waals surface area contributed by atoms with Crippen LogP contribution < -0.4 is 5.32 Å². The molecule has 0 radical (unpaired) electrons. The van der Waals surface area contributed by atoms with Crippen LogP contribution in [0, 0.1) is 0 Å². The molecule has 6 heteroatoms. The molecule has 0 aromatic carbocycles. The summed E-state index contributed by atoms with van der Waals surface area (Å²) in [6.45, 7) is 6.05. The molecule has 0 bridgehead atoms. The van der Waals surface area contributed by atoms with Gasteiger partial charge in [0.1, 0.15) is 0 Å². The van der Waals surface area contributed by atoms with Gasteiger partial charge in [-0.2, -0.15) is 4.98 Å². The van der Waals surface area contributed by atoms with Crippen molar-refractivity contribution in [1.29, 1.82) is 0 Å². The molecule has 3 rings (SSSR count). The van der Waals surface area contributed by atoms with Crippen molar-refractivity contribution in [3.05, 3.63) is 24.2 Å². The van der Waals surface area contributed by atoms with Crippen LogP contribution in [0.25, 0.3) is 11.7 Å². The number of aromatic nitrogens is 2. The molecule has 1 aliphatic rings. The van der Waals surface area contributed by atoms with E-state index >= 15 is 0 Å². The molecule has 1 fully saturated rings. The molecule has 6 nitrogen and oxygen atoms in total. The molecule has 19 heavy (non-hydrogen) atoms. The Hall–Kier alpha value is -1.66. The molecule has 0 unspecified atom stereocenters. The fraction of sp³-hybridized carbons (Fsp3) is 0.538. The molecule has 1 N–H and O–H groups in total. The van der Waals surface area contributed by atoms with Gasteiger partial charge in [-0.15, -0.1) is 0 Å². The van der Waals surface area contributed by atoms with Gasteiger partial charge in [0.15, 0.2) is 11.6 Å². The summed E-state index contributed by atoms with van der Waals surface area (Å²) in [6.07, 6.45) is 2.72. The van der Waals surface area contributed by atoms with Gasteiger partial charge in [-0.1, -0.05) is 12.1 Å². The molecule has 2 aromatic rings. The summed E-state index contributed by atoms with van der Waals surface area (Å²) in [4.78, 5) is 6.78. The fourth-order valence-electron chi connectivity index (χ4n) is 2.21. The highest BCUT2D eigenvalue weighted by Crippen LogP contribution is 2.18. The molecule has 102 valence electrons. The first-order valence-corrected chi connectivity index (χ1v) is 6.68. The van der Waals surface area contributed by atoms with Crippen molar-refractivity contribution in [2.45, 2.75) is 25.9 Å². The third kappa shape index (κ3) is 2.69. The first-order valence-electron chi connectivity index (χ1n) is 6.68. The van der Waals surface area contributed by atoms with E-state index in [2.05, 4.69) is 27.3 Å². The van der Waals surface area contributed by atoms with Crippen molar-refractivity contribution in [2.24, 2.45) is 0 Å². The maximum Gasteiger partial charge on any atom is 0.293 e. The summed E-state index contributed by atoms with van der Waals surface area (Å²) in [5, 5.41) is 7.32. The van der Waals surface area contributed by atoms with Gasteiger partial charge in [0.2, 0.25) is 0 Å². The van der Waals surface area contributed by atoms with E-state index in [0.717, 1.165) is 32.6 Å². The highest BCUT2D eigenvalue weighted by atomic mass is 16.5. The van der Waals surface area contributed by atoms with Crippen LogP contribution >= 0.6 is 0 Å². The number of nitrogens with zero attached hydrogens (tertiary/aromatic N) is 3. The first-order chi connectivity index (χ1) is 9.36. The molecular weight excluding hydrogens is 244 g/mol. The van der Waals surface area contributed by atoms with Gasteiger partial charge < -0.3 is 14.3 Å². The summed E-state index contributed by atoms with van der Waals surface area (Å²) in [6, 6.07) is 4.21. The molecule has 2 aromatic heterocycles. The van der Waals surface area contributed by atoms with Gasteiger partial charge in [0.25, 0.3) is 5.89 Å². The van der Waals surface area contributed by atoms with Crippen molar-refractivity contribution in [1.82, 2.24) is 20.4 Å². The normalized spacial score (nSPS) is 15.9. The second kappa shape index (κ2) is 5.54. The lowest BCUT2D eigenvalue weighted by molar-refractivity contribution is 0.133. The highest BCUT2D eigenvalue weighted by molar-refractivity contribution is 5.42. The van der Waals surface area contributed by atoms with E-state index in [1.54, 1.807) is 6.26 Å². The second-order valence-corrected chi connectivity index (χ2v) is 4.78. The van der Waals surface area contributed by atoms with Gasteiger partial charge >= 0.3 is 0 Å². The van der Waals surface area contributed by atoms with E-state index in [0.29, 0.717) is 23.5 Å². The maximum absolute atomic E-state index is 5.25. The van der Waals surface area contributed by atoms with Crippen LogP contribution in [0.2, 0.25) is 0 Å². The van der Waals surface area contributed by atoms with Crippen LogP contribution in [0.4, 0.5) is 0 Å². The van der Waals surface area contributed by atoms with Gasteiger partial charge in [-0.3, -0.25) is 4.90 Å². The average molecular weight is 262 g/mol. The van der Waals surface area contributed by atoms with Gasteiger partial charge in [0, 0.05) is 19.1 Å². The summed E-state index contributed by atoms with van der Waals surface area (Å²) in [7, 11) is 0. The third-order valence-electron chi connectivity index (χ3n) is 3.33. The van der Waals surface area contributed by atoms with Crippen molar-refractivity contribution >= 4 is 0 Å². The quantitative estimate of drug-likeness (QED) is 0.851. The molecule has 1 saturated heterocycles. The average Bonchev–Trinajstić information content (AvgIpc) is 2.95. The Kier molecular flexibility index (Phi) is 3.61. The Balaban J connectivity index is 1.68. The lowest BCUT2D eigenvalue weighted by Gasteiger charge is -2.37. The zero-order valence-corrected chi connectivity index (χ0v) is 11.0. The Morgan fingerprint density at radius 3 is 3.00 bits per heavy atom. The van der Waals surface area contributed by atoms with E-state index < -0.39 is 0 Å². The summed E-state index contributed by atoms with van der Waals surface area (Å²) >= 11 is 0. The van der Waals surface area contributed by atoms with Gasteiger partial charge in [0.05, 0.1) is 12.8 Å². The molecule has 3 heterocycles. The maximum atomic E-state index is 5.25. The Labute approximate surface area is 111 Å². The van der Waals surface area contributed by atoms with Crippen LogP contribution in [0.5, 0.6) is 0 Å². The van der Waals surface area contributed by atoms with Crippen LogP contribution in [-0.4, -0.2) is 40.7 Å². The van der Waals surface area contributed by atoms with Crippen molar-refractivity contribution < 1.29 is 8.94 Å². The topological polar surface area (TPSA) is 67.3 Å². The summed E-state index contributed by atoms with van der Waals surface area (Å²) in [5.74, 6) is 1.78. The largest absolute Gasteiger partial charge is 0.459 e. The Bertz CT molecular complexity index is 504. The van der Waals surface area contributed by atoms with Crippen molar-refractivity contribution in [2.75, 3.05) is 19.6 Å². The van der Waals surface area contributed by atoms with Crippen LogP contribution in [0.3, 0.4) is 0 Å². The predicted molar refractivity (Wildman–Crippen MR) is 69.4 cm³/mol. The minimum Gasteiger partial charge on any atom is -0.459 e. The number of nitrogens with one attached hydrogen (secondary N) is 1.